The van der Waals surface area contributed by atoms with Gasteiger partial charge in [0.25, 0.3) is 0 Å². The molecular formula is C22H22IrNO2-. The number of hydrogen-bond acceptors (Lipinski definition) is 3. The minimum Gasteiger partial charge on any atom is -0.512 e. The summed E-state index contributed by atoms with van der Waals surface area (Å²) < 4.78 is 0. The van der Waals surface area contributed by atoms with Crippen molar-refractivity contribution < 1.29 is 30.0 Å². The number of hydrogen-bond donors (Lipinski definition) is 1. The SMILES string of the molecule is CC(=O)/C=C(/C)O.Cc1c[c-]c(-c2ccc3ccccc3n2)c(C)c1.[Ir]. The molecule has 1 radical (unpaired) electrons. The predicted molar refractivity (Wildman–Crippen MR) is 103 cm³/mol. The van der Waals surface area contributed by atoms with E-state index >= 15 is 0 Å². The van der Waals surface area contributed by atoms with Gasteiger partial charge >= 0.3 is 0 Å². The van der Waals surface area contributed by atoms with Gasteiger partial charge in [-0.15, -0.1) is 34.9 Å². The molecular weight excluding hydrogens is 502 g/mol. The Kier molecular flexibility index (Phi) is 8.37. The van der Waals surface area contributed by atoms with E-state index in [2.05, 4.69) is 44.2 Å². The van der Waals surface area contributed by atoms with Gasteiger partial charge in [-0.05, 0) is 31.0 Å². The van der Waals surface area contributed by atoms with Gasteiger partial charge in [0.1, 0.15) is 0 Å². The standard InChI is InChI=1S/C17H14N.C5H8O2.Ir/c1-12-7-9-15(13(2)11-12)17-10-8-14-5-3-4-6-16(14)18-17;1-4(6)3-5(2)7;/h3-8,10-11H,1-2H3;3,6H,1-2H3;/q-1;;/b;4-3-;. The van der Waals surface area contributed by atoms with Crippen LogP contribution in [0, 0.1) is 19.9 Å². The van der Waals surface area contributed by atoms with E-state index in [1.807, 2.05) is 24.3 Å². The smallest absolute Gasteiger partial charge is 0.155 e. The average molecular weight is 525 g/mol. The van der Waals surface area contributed by atoms with Gasteiger partial charge in [-0.2, -0.15) is 0 Å². The van der Waals surface area contributed by atoms with Gasteiger partial charge in [0.15, 0.2) is 5.78 Å². The second-order valence-corrected chi connectivity index (χ2v) is 6.02. The molecule has 1 heterocycles. The van der Waals surface area contributed by atoms with Crippen LogP contribution >= 0.6 is 0 Å². The Bertz CT molecular complexity index is 928. The van der Waals surface area contributed by atoms with Crippen LogP contribution in [0.15, 0.2) is 60.4 Å². The number of para-hydroxylation sites is 1. The summed E-state index contributed by atoms with van der Waals surface area (Å²) in [7, 11) is 0. The van der Waals surface area contributed by atoms with Crippen LogP contribution < -0.4 is 0 Å². The molecule has 0 aliphatic carbocycles. The first kappa shape index (κ1) is 21.8. The van der Waals surface area contributed by atoms with Crippen LogP contribution in [-0.4, -0.2) is 15.9 Å². The summed E-state index contributed by atoms with van der Waals surface area (Å²) in [4.78, 5) is 14.7. The van der Waals surface area contributed by atoms with E-state index in [-0.39, 0.29) is 31.6 Å². The number of aromatic nitrogens is 1. The van der Waals surface area contributed by atoms with Crippen LogP contribution in [-0.2, 0) is 24.9 Å². The second kappa shape index (κ2) is 10.0. The molecule has 3 rings (SSSR count). The van der Waals surface area contributed by atoms with Crippen LogP contribution in [0.3, 0.4) is 0 Å². The maximum absolute atomic E-state index is 10.0. The molecule has 137 valence electrons. The quantitative estimate of drug-likeness (QED) is 0.279. The van der Waals surface area contributed by atoms with Crippen molar-refractivity contribution in [3.05, 3.63) is 77.6 Å². The normalized spacial score (nSPS) is 10.5. The van der Waals surface area contributed by atoms with E-state index in [0.29, 0.717) is 0 Å². The molecule has 3 aromatic rings. The summed E-state index contributed by atoms with van der Waals surface area (Å²) in [5.74, 6) is -0.0625. The Morgan fingerprint density at radius 1 is 1.12 bits per heavy atom. The number of aryl methyl sites for hydroxylation is 2. The number of fused-ring (bicyclic) bond motifs is 1. The van der Waals surface area contributed by atoms with E-state index in [1.54, 1.807) is 0 Å². The first-order valence-electron chi connectivity index (χ1n) is 8.10. The summed E-state index contributed by atoms with van der Waals surface area (Å²) in [5, 5.41) is 9.54. The molecule has 0 atom stereocenters. The van der Waals surface area contributed by atoms with Crippen molar-refractivity contribution in [2.24, 2.45) is 0 Å². The number of pyridine rings is 1. The molecule has 3 nitrogen and oxygen atoms in total. The topological polar surface area (TPSA) is 50.2 Å². The van der Waals surface area contributed by atoms with Crippen molar-refractivity contribution >= 4 is 16.7 Å². The van der Waals surface area contributed by atoms with E-state index in [0.717, 1.165) is 16.8 Å². The minimum atomic E-state index is -0.125. The molecule has 0 amide bonds. The molecule has 0 fully saturated rings. The van der Waals surface area contributed by atoms with E-state index < -0.39 is 0 Å². The number of aliphatic hydroxyl groups is 1. The summed E-state index contributed by atoms with van der Waals surface area (Å²) in [6.45, 7) is 7.04. The molecule has 0 unspecified atom stereocenters. The fraction of sp³-hybridized carbons (Fsp3) is 0.182. The molecule has 0 aliphatic rings. The van der Waals surface area contributed by atoms with E-state index in [4.69, 9.17) is 10.1 Å². The second-order valence-electron chi connectivity index (χ2n) is 6.02. The van der Waals surface area contributed by atoms with Crippen molar-refractivity contribution in [1.29, 1.82) is 0 Å². The molecule has 0 spiro atoms. The fourth-order valence-electron chi connectivity index (χ4n) is 2.53. The first-order valence-corrected chi connectivity index (χ1v) is 8.10. The van der Waals surface area contributed by atoms with Crippen LogP contribution in [0.25, 0.3) is 22.2 Å². The Morgan fingerprint density at radius 3 is 2.38 bits per heavy atom. The number of allylic oxidation sites excluding steroid dienone is 2. The molecule has 2 aromatic carbocycles. The predicted octanol–water partition coefficient (Wildman–Crippen LogP) is 5.35. The zero-order valence-corrected chi connectivity index (χ0v) is 17.7. The van der Waals surface area contributed by atoms with Crippen LogP contribution in [0.1, 0.15) is 25.0 Å². The van der Waals surface area contributed by atoms with Gasteiger partial charge in [-0.25, -0.2) is 0 Å². The molecule has 4 heteroatoms. The van der Waals surface area contributed by atoms with Gasteiger partial charge in [0, 0.05) is 26.2 Å². The van der Waals surface area contributed by atoms with Crippen molar-refractivity contribution in [3.63, 3.8) is 0 Å². The van der Waals surface area contributed by atoms with Crippen LogP contribution in [0.4, 0.5) is 0 Å². The number of nitrogens with zero attached hydrogens (tertiary/aromatic N) is 1. The molecule has 0 saturated heterocycles. The van der Waals surface area contributed by atoms with Crippen molar-refractivity contribution in [3.8, 4) is 11.3 Å². The fourth-order valence-corrected chi connectivity index (χ4v) is 2.53. The average Bonchev–Trinajstić information content (AvgIpc) is 2.54. The van der Waals surface area contributed by atoms with Crippen molar-refractivity contribution in [2.75, 3.05) is 0 Å². The maximum Gasteiger partial charge on any atom is 0.155 e. The Morgan fingerprint density at radius 2 is 1.81 bits per heavy atom. The minimum absolute atomic E-state index is 0. The van der Waals surface area contributed by atoms with Gasteiger partial charge in [0.2, 0.25) is 0 Å². The van der Waals surface area contributed by atoms with Gasteiger partial charge < -0.3 is 5.11 Å². The number of ketones is 1. The zero-order valence-electron chi connectivity index (χ0n) is 15.3. The van der Waals surface area contributed by atoms with Gasteiger partial charge in [-0.1, -0.05) is 44.2 Å². The summed E-state index contributed by atoms with van der Waals surface area (Å²) in [6, 6.07) is 19.9. The summed E-state index contributed by atoms with van der Waals surface area (Å²) in [6.07, 6.45) is 1.17. The van der Waals surface area contributed by atoms with Gasteiger partial charge in [-0.3, -0.25) is 9.78 Å². The maximum atomic E-state index is 10.0. The largest absolute Gasteiger partial charge is 0.512 e. The number of rotatable bonds is 2. The third-order valence-electron chi connectivity index (χ3n) is 3.55. The third-order valence-corrected chi connectivity index (χ3v) is 3.55. The Labute approximate surface area is 168 Å². The van der Waals surface area contributed by atoms with Crippen molar-refractivity contribution in [1.82, 2.24) is 4.98 Å². The van der Waals surface area contributed by atoms with E-state index in [1.165, 1.54) is 36.4 Å². The third kappa shape index (κ3) is 6.21. The Hall–Kier alpha value is -2.29. The number of aliphatic hydroxyl groups excluding tert-OH is 1. The first-order chi connectivity index (χ1) is 11.9. The molecule has 26 heavy (non-hydrogen) atoms. The number of benzene rings is 2. The Balaban J connectivity index is 0.000000366. The molecule has 0 aliphatic heterocycles. The molecule has 1 aromatic heterocycles. The van der Waals surface area contributed by atoms with Crippen molar-refractivity contribution in [2.45, 2.75) is 27.7 Å². The van der Waals surface area contributed by atoms with Crippen LogP contribution in [0.2, 0.25) is 0 Å². The summed E-state index contributed by atoms with van der Waals surface area (Å²) in [5.41, 5.74) is 5.57. The zero-order chi connectivity index (χ0) is 18.4. The monoisotopic (exact) mass is 525 g/mol. The number of carbonyl (C=O) groups excluding carboxylic acids is 1. The summed E-state index contributed by atoms with van der Waals surface area (Å²) >= 11 is 0. The molecule has 0 bridgehead atoms. The van der Waals surface area contributed by atoms with E-state index in [9.17, 15) is 4.79 Å². The van der Waals surface area contributed by atoms with Crippen LogP contribution in [0.5, 0.6) is 0 Å². The molecule has 0 saturated carbocycles. The molecule has 1 N–H and O–H groups in total. The number of carbonyl (C=O) groups is 1. The van der Waals surface area contributed by atoms with Gasteiger partial charge in [0.05, 0.1) is 11.3 Å².